The van der Waals surface area contributed by atoms with E-state index < -0.39 is 96.2 Å². The summed E-state index contributed by atoms with van der Waals surface area (Å²) < 4.78 is 29.9. The van der Waals surface area contributed by atoms with Crippen LogP contribution in [0.3, 0.4) is 0 Å². The van der Waals surface area contributed by atoms with Crippen LogP contribution in [0, 0.1) is 0 Å². The Morgan fingerprint density at radius 1 is 1.08 bits per heavy atom. The van der Waals surface area contributed by atoms with Crippen molar-refractivity contribution in [2.75, 3.05) is 7.11 Å². The Labute approximate surface area is 301 Å². The summed E-state index contributed by atoms with van der Waals surface area (Å²) >= 11 is 0. The summed E-state index contributed by atoms with van der Waals surface area (Å²) in [7, 11) is 1.24. The van der Waals surface area contributed by atoms with Crippen LogP contribution in [-0.4, -0.2) is 111 Å². The Bertz CT molecular complexity index is 1500. The van der Waals surface area contributed by atoms with Gasteiger partial charge >= 0.3 is 11.7 Å². The Morgan fingerprint density at radius 2 is 1.79 bits per heavy atom. The first kappa shape index (κ1) is 41.1. The maximum Gasteiger partial charge on any atom is 0.330 e. The topological polar surface area (TPSA) is 263 Å². The van der Waals surface area contributed by atoms with E-state index in [1.54, 1.807) is 0 Å². The smallest absolute Gasteiger partial charge is 0.330 e. The van der Waals surface area contributed by atoms with E-state index in [1.807, 2.05) is 6.92 Å². The molecule has 0 saturated carbocycles. The summed E-state index contributed by atoms with van der Waals surface area (Å²) in [5.41, 5.74) is 4.14. The molecule has 2 amide bonds. The number of H-pyrrole nitrogens is 1. The van der Waals surface area contributed by atoms with Crippen molar-refractivity contribution in [2.24, 2.45) is 5.73 Å². The van der Waals surface area contributed by atoms with Crippen LogP contribution < -0.4 is 27.6 Å². The summed E-state index contributed by atoms with van der Waals surface area (Å²) in [4.78, 5) is 66.0. The molecule has 18 heteroatoms. The molecular weight excluding hydrogens is 686 g/mol. The average Bonchev–Trinajstić information content (AvgIpc) is 3.35. The lowest BCUT2D eigenvalue weighted by Crippen LogP contribution is -2.55. The first-order chi connectivity index (χ1) is 24.8. The van der Waals surface area contributed by atoms with Gasteiger partial charge in [0.05, 0.1) is 6.04 Å². The summed E-state index contributed by atoms with van der Waals surface area (Å²) in [6.07, 6.45) is -3.03. The molecule has 0 aromatic carbocycles. The van der Waals surface area contributed by atoms with Gasteiger partial charge < -0.3 is 50.1 Å². The van der Waals surface area contributed by atoms with Crippen molar-refractivity contribution in [3.63, 3.8) is 0 Å². The Hall–Kier alpha value is -3.65. The van der Waals surface area contributed by atoms with Crippen LogP contribution >= 0.6 is 0 Å². The van der Waals surface area contributed by atoms with Crippen molar-refractivity contribution in [3.05, 3.63) is 44.9 Å². The molecule has 1 aromatic rings. The summed E-state index contributed by atoms with van der Waals surface area (Å²) in [6.45, 7) is 4.03. The molecule has 1 unspecified atom stereocenters. The number of hydrogen-bond acceptors (Lipinski definition) is 14. The Kier molecular flexibility index (Phi) is 15.4. The molecule has 0 spiro atoms. The van der Waals surface area contributed by atoms with Gasteiger partial charge in [-0.25, -0.2) is 4.79 Å². The molecule has 11 atom stereocenters. The number of amides is 2. The van der Waals surface area contributed by atoms with Crippen LogP contribution in [0.25, 0.3) is 0 Å². The van der Waals surface area contributed by atoms with Gasteiger partial charge in [-0.1, -0.05) is 45.4 Å². The molecule has 0 bridgehead atoms. The van der Waals surface area contributed by atoms with Crippen LogP contribution in [-0.2, 0) is 38.1 Å². The molecule has 3 aliphatic heterocycles. The number of aromatic nitrogens is 2. The molecule has 18 nitrogen and oxygen atoms in total. The summed E-state index contributed by atoms with van der Waals surface area (Å²) in [5, 5.41) is 37.6. The highest BCUT2D eigenvalue weighted by molar-refractivity contribution is 5.92. The van der Waals surface area contributed by atoms with E-state index in [9.17, 15) is 39.3 Å². The zero-order chi connectivity index (χ0) is 37.9. The summed E-state index contributed by atoms with van der Waals surface area (Å²) in [5.74, 6) is -3.06. The monoisotopic (exact) mass is 739 g/mol. The minimum atomic E-state index is -1.86. The number of carbonyl (C=O) groups excluding carboxylic acids is 3. The third-order valence-electron chi connectivity index (χ3n) is 9.46. The first-order valence-electron chi connectivity index (χ1n) is 18.0. The molecule has 8 N–H and O–H groups in total. The van der Waals surface area contributed by atoms with Gasteiger partial charge in [0.2, 0.25) is 12.2 Å². The molecule has 2 fully saturated rings. The van der Waals surface area contributed by atoms with Gasteiger partial charge in [-0.15, -0.1) is 0 Å². The van der Waals surface area contributed by atoms with E-state index >= 15 is 0 Å². The number of aromatic amines is 1. The van der Waals surface area contributed by atoms with Gasteiger partial charge in [0.1, 0.15) is 30.6 Å². The van der Waals surface area contributed by atoms with Crippen molar-refractivity contribution in [3.8, 4) is 0 Å². The standard InChI is InChI=1S/C34H53N5O13/c1-4-5-6-7-8-9-10-14-23(42)50-28-25(48-3)26(51-32(28)39-16-15-22(41)38-34(39)47)27(29(35)44)52-33-24(43)20(40)17-21(49-33)31(46)37-19-13-11-12-18(2)36-30(19)45/h15-20,24-28,30,32-33,36,40,43,45H,4-14H2,1-3H3,(H2,35,44)(H,37,46)(H,38,41,47)/t18-,19+,20+,24+,25-,26+,27-,28-,30?,32-,33-/m1/s1. The number of rotatable bonds is 17. The number of primary amides is 1. The largest absolute Gasteiger partial charge is 0.456 e. The van der Waals surface area contributed by atoms with Crippen molar-refractivity contribution >= 4 is 17.8 Å². The highest BCUT2D eigenvalue weighted by Gasteiger charge is 2.54. The maximum atomic E-state index is 13.2. The lowest BCUT2D eigenvalue weighted by atomic mass is 10.0. The van der Waals surface area contributed by atoms with Gasteiger partial charge in [0.15, 0.2) is 24.2 Å². The van der Waals surface area contributed by atoms with Crippen molar-refractivity contribution in [1.82, 2.24) is 20.2 Å². The van der Waals surface area contributed by atoms with Gasteiger partial charge in [0.25, 0.3) is 11.5 Å². The van der Waals surface area contributed by atoms with E-state index in [4.69, 9.17) is 29.4 Å². The number of carbonyl (C=O) groups is 3. The quantitative estimate of drug-likeness (QED) is 0.0770. The predicted octanol–water partition coefficient (Wildman–Crippen LogP) is -0.701. The van der Waals surface area contributed by atoms with Crippen LogP contribution in [0.5, 0.6) is 0 Å². The highest BCUT2D eigenvalue weighted by Crippen LogP contribution is 2.36. The third-order valence-corrected chi connectivity index (χ3v) is 9.46. The fourth-order valence-corrected chi connectivity index (χ4v) is 6.61. The molecule has 4 heterocycles. The van der Waals surface area contributed by atoms with Crippen molar-refractivity contribution < 1.29 is 53.4 Å². The van der Waals surface area contributed by atoms with Crippen LogP contribution in [0.4, 0.5) is 0 Å². The fraction of sp³-hybridized carbons (Fsp3) is 0.735. The number of nitrogens with one attached hydrogen (secondary N) is 3. The second-order valence-corrected chi connectivity index (χ2v) is 13.5. The van der Waals surface area contributed by atoms with Crippen LogP contribution in [0.2, 0.25) is 0 Å². The number of nitrogens with two attached hydrogens (primary N) is 1. The van der Waals surface area contributed by atoms with E-state index in [-0.39, 0.29) is 12.5 Å². The Morgan fingerprint density at radius 3 is 2.46 bits per heavy atom. The SMILES string of the molecule is CCCCCCCCCC(=O)O[C@@H]1[C@H](OC)[C@@H]([C@@H](O[C@H]2OC(C(=O)N[C@H]3CCC[C@@H](C)NC3O)=C[C@H](O)[C@@H]2O)C(N)=O)O[C@H]1n1ccc(=O)[nH]c1=O. The third kappa shape index (κ3) is 10.7. The van der Waals surface area contributed by atoms with Gasteiger partial charge in [-0.2, -0.15) is 0 Å². The van der Waals surface area contributed by atoms with Gasteiger partial charge in [-0.05, 0) is 38.7 Å². The number of unbranched alkanes of at least 4 members (excludes halogenated alkanes) is 6. The predicted molar refractivity (Wildman–Crippen MR) is 182 cm³/mol. The number of aliphatic hydroxyl groups excluding tert-OH is 3. The number of nitrogens with zero attached hydrogens (tertiary/aromatic N) is 1. The number of aliphatic hydroxyl groups is 3. The zero-order valence-corrected chi connectivity index (χ0v) is 29.8. The molecule has 0 aliphatic carbocycles. The molecule has 3 aliphatic rings. The van der Waals surface area contributed by atoms with Crippen molar-refractivity contribution in [2.45, 2.75) is 152 Å². The fourth-order valence-electron chi connectivity index (χ4n) is 6.61. The normalized spacial score (nSPS) is 31.2. The molecule has 2 saturated heterocycles. The van der Waals surface area contributed by atoms with E-state index in [0.29, 0.717) is 19.3 Å². The molecular formula is C34H53N5O13. The molecule has 1 aromatic heterocycles. The summed E-state index contributed by atoms with van der Waals surface area (Å²) in [6, 6.07) is 0.375. The molecule has 4 rings (SSSR count). The number of methoxy groups -OCH3 is 1. The number of hydrogen-bond donors (Lipinski definition) is 7. The number of ether oxygens (including phenoxy) is 5. The lowest BCUT2D eigenvalue weighted by Gasteiger charge is -2.35. The van der Waals surface area contributed by atoms with E-state index in [1.165, 1.54) is 7.11 Å². The van der Waals surface area contributed by atoms with Gasteiger partial charge in [0, 0.05) is 31.8 Å². The average molecular weight is 740 g/mol. The molecule has 0 radical (unpaired) electrons. The lowest BCUT2D eigenvalue weighted by molar-refractivity contribution is -0.241. The maximum absolute atomic E-state index is 13.2. The van der Waals surface area contributed by atoms with E-state index in [0.717, 1.165) is 67.9 Å². The second kappa shape index (κ2) is 19.4. The van der Waals surface area contributed by atoms with Crippen LogP contribution in [0.1, 0.15) is 90.7 Å². The van der Waals surface area contributed by atoms with Crippen molar-refractivity contribution in [1.29, 1.82) is 0 Å². The molecule has 292 valence electrons. The highest BCUT2D eigenvalue weighted by atomic mass is 16.7. The number of esters is 1. The van der Waals surface area contributed by atoms with Crippen LogP contribution in [0.15, 0.2) is 33.7 Å². The molecule has 52 heavy (non-hydrogen) atoms. The minimum Gasteiger partial charge on any atom is -0.456 e. The second-order valence-electron chi connectivity index (χ2n) is 13.5. The zero-order valence-electron chi connectivity index (χ0n) is 29.8. The minimum absolute atomic E-state index is 0.0203. The van der Waals surface area contributed by atoms with E-state index in [2.05, 4.69) is 22.5 Å². The van der Waals surface area contributed by atoms with Gasteiger partial charge in [-0.3, -0.25) is 34.0 Å². The first-order valence-corrected chi connectivity index (χ1v) is 18.0. The Balaban J connectivity index is 1.52.